The van der Waals surface area contributed by atoms with Crippen molar-refractivity contribution in [2.24, 2.45) is 0 Å². The van der Waals surface area contributed by atoms with Crippen molar-refractivity contribution in [3.05, 3.63) is 60.7 Å². The summed E-state index contributed by atoms with van der Waals surface area (Å²) in [5.74, 6) is -3.65. The Balaban J connectivity index is 0.000000404. The summed E-state index contributed by atoms with van der Waals surface area (Å²) >= 11 is 0. The summed E-state index contributed by atoms with van der Waals surface area (Å²) in [6, 6.07) is 20.8. The van der Waals surface area contributed by atoms with Crippen LogP contribution >= 0.6 is 0 Å². The summed E-state index contributed by atoms with van der Waals surface area (Å²) in [5, 5.41) is 14.8. The first-order chi connectivity index (χ1) is 8.61. The highest BCUT2D eigenvalue weighted by atomic mass is 16.4. The van der Waals surface area contributed by atoms with E-state index in [9.17, 15) is 0 Å². The molecule has 5 nitrogen and oxygen atoms in total. The third kappa shape index (κ3) is 5.99. The van der Waals surface area contributed by atoms with E-state index in [1.165, 1.54) is 11.1 Å². The molecule has 2 aromatic carbocycles. The van der Waals surface area contributed by atoms with E-state index in [0.29, 0.717) is 0 Å². The zero-order chi connectivity index (χ0) is 13.4. The highest BCUT2D eigenvalue weighted by Gasteiger charge is 2.04. The van der Waals surface area contributed by atoms with Crippen LogP contribution in [0.25, 0.3) is 11.1 Å². The van der Waals surface area contributed by atoms with Gasteiger partial charge in [0.25, 0.3) is 0 Å². The zero-order valence-corrected chi connectivity index (χ0v) is 10.2. The molecule has 0 spiro atoms. The molecular weight excluding hydrogens is 246 g/mol. The fourth-order valence-corrected chi connectivity index (χ4v) is 1.26. The molecule has 2 aromatic rings. The van der Waals surface area contributed by atoms with E-state index in [1.54, 1.807) is 0 Å². The molecule has 19 heavy (non-hydrogen) atoms. The van der Waals surface area contributed by atoms with Gasteiger partial charge in [-0.15, -0.1) is 0 Å². The minimum Gasteiger partial charge on any atom is -0.473 e. The van der Waals surface area contributed by atoms with Crippen molar-refractivity contribution in [3.63, 3.8) is 0 Å². The maximum atomic E-state index is 9.10. The zero-order valence-electron chi connectivity index (χ0n) is 10.2. The van der Waals surface area contributed by atoms with Crippen LogP contribution in [0.5, 0.6) is 0 Å². The van der Waals surface area contributed by atoms with Gasteiger partial charge in [0, 0.05) is 0 Å². The predicted octanol–water partition coefficient (Wildman–Crippen LogP) is 2.67. The van der Waals surface area contributed by atoms with Crippen molar-refractivity contribution in [1.82, 2.24) is 6.15 Å². The van der Waals surface area contributed by atoms with Gasteiger partial charge in [-0.1, -0.05) is 60.7 Å². The van der Waals surface area contributed by atoms with Gasteiger partial charge in [0.05, 0.1) is 0 Å². The fourth-order valence-electron chi connectivity index (χ4n) is 1.26. The van der Waals surface area contributed by atoms with Gasteiger partial charge in [0.1, 0.15) is 0 Å². The van der Waals surface area contributed by atoms with E-state index >= 15 is 0 Å². The molecule has 0 unspecified atom stereocenters. The first-order valence-electron chi connectivity index (χ1n) is 5.18. The van der Waals surface area contributed by atoms with Gasteiger partial charge in [0.15, 0.2) is 0 Å². The normalized spacial score (nSPS) is 8.42. The van der Waals surface area contributed by atoms with Crippen LogP contribution in [-0.4, -0.2) is 22.2 Å². The van der Waals surface area contributed by atoms with E-state index in [4.69, 9.17) is 19.8 Å². The molecule has 0 aromatic heterocycles. The number of aliphatic carboxylic acids is 2. The van der Waals surface area contributed by atoms with Crippen LogP contribution in [0, 0.1) is 0 Å². The third-order valence-electron chi connectivity index (χ3n) is 2.06. The highest BCUT2D eigenvalue weighted by Crippen LogP contribution is 2.17. The SMILES string of the molecule is N.O=C(O)C(=O)O.c1ccc(-c2ccccc2)cc1. The lowest BCUT2D eigenvalue weighted by atomic mass is 10.1. The molecular formula is C14H15NO4. The van der Waals surface area contributed by atoms with Gasteiger partial charge in [-0.05, 0) is 11.1 Å². The predicted molar refractivity (Wildman–Crippen MR) is 72.2 cm³/mol. The first-order valence-corrected chi connectivity index (χ1v) is 5.18. The van der Waals surface area contributed by atoms with Crippen molar-refractivity contribution in [2.45, 2.75) is 0 Å². The van der Waals surface area contributed by atoms with Crippen LogP contribution < -0.4 is 6.15 Å². The topological polar surface area (TPSA) is 110 Å². The Labute approximate surface area is 110 Å². The van der Waals surface area contributed by atoms with Gasteiger partial charge in [-0.3, -0.25) is 0 Å². The summed E-state index contributed by atoms with van der Waals surface area (Å²) in [6.45, 7) is 0. The lowest BCUT2D eigenvalue weighted by Gasteiger charge is -1.98. The van der Waals surface area contributed by atoms with Crippen molar-refractivity contribution < 1.29 is 19.8 Å². The third-order valence-corrected chi connectivity index (χ3v) is 2.06. The standard InChI is InChI=1S/C12H10.C2H2O4.H3N/c1-3-7-11(8-4-1)12-9-5-2-6-10-12;3-1(4)2(5)6;/h1-10H;(H,3,4)(H,5,6);1H3. The van der Waals surface area contributed by atoms with Crippen LogP contribution in [0.1, 0.15) is 0 Å². The second-order valence-corrected chi connectivity index (χ2v) is 3.34. The second kappa shape index (κ2) is 8.43. The van der Waals surface area contributed by atoms with Crippen LogP contribution in [0.4, 0.5) is 0 Å². The Morgan fingerprint density at radius 3 is 1.11 bits per heavy atom. The molecule has 0 heterocycles. The molecule has 0 aliphatic heterocycles. The van der Waals surface area contributed by atoms with Crippen molar-refractivity contribution in [2.75, 3.05) is 0 Å². The second-order valence-electron chi connectivity index (χ2n) is 3.34. The van der Waals surface area contributed by atoms with Crippen LogP contribution in [-0.2, 0) is 9.59 Å². The molecule has 0 bridgehead atoms. The Morgan fingerprint density at radius 1 is 0.632 bits per heavy atom. The fraction of sp³-hybridized carbons (Fsp3) is 0. The van der Waals surface area contributed by atoms with Crippen molar-refractivity contribution >= 4 is 11.9 Å². The van der Waals surface area contributed by atoms with Crippen LogP contribution in [0.2, 0.25) is 0 Å². The van der Waals surface area contributed by atoms with E-state index in [2.05, 4.69) is 48.5 Å². The molecule has 0 amide bonds. The molecule has 5 N–H and O–H groups in total. The number of carboxylic acids is 2. The highest BCUT2D eigenvalue weighted by molar-refractivity contribution is 6.27. The van der Waals surface area contributed by atoms with E-state index in [1.807, 2.05) is 12.1 Å². The Hall–Kier alpha value is -2.66. The number of benzene rings is 2. The molecule has 0 saturated heterocycles. The summed E-state index contributed by atoms with van der Waals surface area (Å²) in [6.07, 6.45) is 0. The maximum Gasteiger partial charge on any atom is 0.414 e. The number of hydrogen-bond donors (Lipinski definition) is 3. The maximum absolute atomic E-state index is 9.10. The first kappa shape index (κ1) is 16.3. The van der Waals surface area contributed by atoms with Gasteiger partial charge in [-0.2, -0.15) is 0 Å². The van der Waals surface area contributed by atoms with Gasteiger partial charge in [-0.25, -0.2) is 9.59 Å². The molecule has 0 aliphatic rings. The smallest absolute Gasteiger partial charge is 0.414 e. The lowest BCUT2D eigenvalue weighted by molar-refractivity contribution is -0.159. The Bertz CT molecular complexity index is 462. The van der Waals surface area contributed by atoms with Crippen molar-refractivity contribution in [3.8, 4) is 11.1 Å². The Kier molecular flexibility index (Phi) is 7.25. The van der Waals surface area contributed by atoms with E-state index in [-0.39, 0.29) is 6.15 Å². The minimum absolute atomic E-state index is 0. The molecule has 0 atom stereocenters. The number of rotatable bonds is 1. The molecule has 0 aliphatic carbocycles. The van der Waals surface area contributed by atoms with Gasteiger partial charge < -0.3 is 16.4 Å². The largest absolute Gasteiger partial charge is 0.473 e. The van der Waals surface area contributed by atoms with Gasteiger partial charge in [0.2, 0.25) is 0 Å². The quantitative estimate of drug-likeness (QED) is 0.683. The number of carbonyl (C=O) groups is 2. The number of carboxylic acid groups (broad SMARTS) is 2. The summed E-state index contributed by atoms with van der Waals surface area (Å²) in [4.78, 5) is 18.2. The molecule has 0 radical (unpaired) electrons. The summed E-state index contributed by atoms with van der Waals surface area (Å²) in [7, 11) is 0. The van der Waals surface area contributed by atoms with Crippen LogP contribution in [0.3, 0.4) is 0 Å². The molecule has 0 fully saturated rings. The van der Waals surface area contributed by atoms with Crippen molar-refractivity contribution in [1.29, 1.82) is 0 Å². The molecule has 0 saturated carbocycles. The molecule has 100 valence electrons. The minimum atomic E-state index is -1.82. The average molecular weight is 261 g/mol. The average Bonchev–Trinajstić information content (AvgIpc) is 2.41. The summed E-state index contributed by atoms with van der Waals surface area (Å²) in [5.41, 5.74) is 2.55. The molecule has 2 rings (SSSR count). The molecule has 5 heteroatoms. The van der Waals surface area contributed by atoms with Crippen LogP contribution in [0.15, 0.2) is 60.7 Å². The Morgan fingerprint density at radius 2 is 0.895 bits per heavy atom. The van der Waals surface area contributed by atoms with E-state index in [0.717, 1.165) is 0 Å². The van der Waals surface area contributed by atoms with E-state index < -0.39 is 11.9 Å². The number of hydrogen-bond acceptors (Lipinski definition) is 3. The van der Waals surface area contributed by atoms with Gasteiger partial charge >= 0.3 is 11.9 Å². The lowest BCUT2D eigenvalue weighted by Crippen LogP contribution is -2.09. The summed E-state index contributed by atoms with van der Waals surface area (Å²) < 4.78 is 0. The monoisotopic (exact) mass is 261 g/mol.